The predicted octanol–water partition coefficient (Wildman–Crippen LogP) is 1.81. The Hall–Kier alpha value is -1.02. The van der Waals surface area contributed by atoms with Crippen molar-refractivity contribution < 1.29 is 4.74 Å². The summed E-state index contributed by atoms with van der Waals surface area (Å²) in [5, 5.41) is 0. The molecule has 0 saturated heterocycles. The summed E-state index contributed by atoms with van der Waals surface area (Å²) in [5.41, 5.74) is 9.38. The Bertz CT molecular complexity index is 294. The fourth-order valence-corrected chi connectivity index (χ4v) is 1.50. The Morgan fingerprint density at radius 3 is 2.54 bits per heavy atom. The van der Waals surface area contributed by atoms with Crippen molar-refractivity contribution in [3.63, 3.8) is 0 Å². The zero-order valence-electron chi connectivity index (χ0n) is 8.55. The van der Waals surface area contributed by atoms with Crippen LogP contribution in [0, 0.1) is 13.8 Å². The molecular formula is C11H17NO. The van der Waals surface area contributed by atoms with Crippen LogP contribution < -0.4 is 10.5 Å². The Morgan fingerprint density at radius 1 is 1.31 bits per heavy atom. The third-order valence-corrected chi connectivity index (χ3v) is 2.44. The molecule has 0 spiro atoms. The second-order valence-corrected chi connectivity index (χ2v) is 3.23. The van der Waals surface area contributed by atoms with Crippen LogP contribution in [0.3, 0.4) is 0 Å². The highest BCUT2D eigenvalue weighted by molar-refractivity contribution is 5.44. The van der Waals surface area contributed by atoms with Crippen LogP contribution in [0.4, 0.5) is 0 Å². The highest BCUT2D eigenvalue weighted by atomic mass is 16.5. The van der Waals surface area contributed by atoms with Gasteiger partial charge in [-0.1, -0.05) is 6.07 Å². The number of aryl methyl sites for hydroxylation is 1. The van der Waals surface area contributed by atoms with E-state index >= 15 is 0 Å². The van der Waals surface area contributed by atoms with E-state index in [2.05, 4.69) is 19.9 Å². The Labute approximate surface area is 79.7 Å². The van der Waals surface area contributed by atoms with Crippen LogP contribution in [0.25, 0.3) is 0 Å². The third kappa shape index (κ3) is 2.01. The van der Waals surface area contributed by atoms with Crippen molar-refractivity contribution in [2.75, 3.05) is 13.7 Å². The summed E-state index contributed by atoms with van der Waals surface area (Å²) in [6.45, 7) is 4.89. The van der Waals surface area contributed by atoms with E-state index in [4.69, 9.17) is 10.5 Å². The maximum Gasteiger partial charge on any atom is 0.122 e. The zero-order chi connectivity index (χ0) is 9.84. The molecule has 0 radical (unpaired) electrons. The molecule has 72 valence electrons. The molecule has 1 aromatic carbocycles. The van der Waals surface area contributed by atoms with Crippen LogP contribution in [0.2, 0.25) is 0 Å². The van der Waals surface area contributed by atoms with Crippen LogP contribution in [-0.2, 0) is 6.42 Å². The first-order valence-electron chi connectivity index (χ1n) is 4.53. The van der Waals surface area contributed by atoms with Crippen LogP contribution in [0.5, 0.6) is 5.75 Å². The van der Waals surface area contributed by atoms with Crippen LogP contribution in [0.15, 0.2) is 12.1 Å². The van der Waals surface area contributed by atoms with Crippen molar-refractivity contribution in [3.05, 3.63) is 28.8 Å². The van der Waals surface area contributed by atoms with Crippen molar-refractivity contribution in [3.8, 4) is 5.75 Å². The molecule has 2 N–H and O–H groups in total. The minimum Gasteiger partial charge on any atom is -0.496 e. The zero-order valence-corrected chi connectivity index (χ0v) is 8.55. The van der Waals surface area contributed by atoms with Gasteiger partial charge in [0, 0.05) is 0 Å². The summed E-state index contributed by atoms with van der Waals surface area (Å²) < 4.78 is 5.28. The van der Waals surface area contributed by atoms with E-state index < -0.39 is 0 Å². The first-order chi connectivity index (χ1) is 6.20. The van der Waals surface area contributed by atoms with Crippen molar-refractivity contribution in [2.24, 2.45) is 5.73 Å². The van der Waals surface area contributed by atoms with Gasteiger partial charge in [-0.2, -0.15) is 0 Å². The second kappa shape index (κ2) is 4.28. The summed E-state index contributed by atoms with van der Waals surface area (Å²) in [5.74, 6) is 0.952. The molecule has 2 heteroatoms. The maximum atomic E-state index is 5.55. The number of benzene rings is 1. The molecule has 1 rings (SSSR count). The van der Waals surface area contributed by atoms with Gasteiger partial charge in [-0.25, -0.2) is 0 Å². The molecule has 0 heterocycles. The third-order valence-electron chi connectivity index (χ3n) is 2.44. The molecule has 0 amide bonds. The molecule has 0 atom stereocenters. The van der Waals surface area contributed by atoms with Gasteiger partial charge >= 0.3 is 0 Å². The van der Waals surface area contributed by atoms with Gasteiger partial charge in [0.05, 0.1) is 7.11 Å². The van der Waals surface area contributed by atoms with Crippen LogP contribution in [-0.4, -0.2) is 13.7 Å². The smallest absolute Gasteiger partial charge is 0.122 e. The molecule has 0 aliphatic rings. The molecular weight excluding hydrogens is 162 g/mol. The fourth-order valence-electron chi connectivity index (χ4n) is 1.50. The van der Waals surface area contributed by atoms with Gasteiger partial charge in [0.25, 0.3) is 0 Å². The van der Waals surface area contributed by atoms with Crippen molar-refractivity contribution in [1.82, 2.24) is 0 Å². The molecule has 0 unspecified atom stereocenters. The fraction of sp³-hybridized carbons (Fsp3) is 0.455. The number of ether oxygens (including phenoxy) is 1. The lowest BCUT2D eigenvalue weighted by Gasteiger charge is -2.12. The molecule has 2 nitrogen and oxygen atoms in total. The molecule has 0 aliphatic carbocycles. The first-order valence-corrected chi connectivity index (χ1v) is 4.53. The Balaban J connectivity index is 3.15. The molecule has 0 bridgehead atoms. The van der Waals surface area contributed by atoms with Crippen molar-refractivity contribution >= 4 is 0 Å². The minimum absolute atomic E-state index is 0.667. The Kier molecular flexibility index (Phi) is 3.32. The Morgan fingerprint density at radius 2 is 2.00 bits per heavy atom. The minimum atomic E-state index is 0.667. The summed E-state index contributed by atoms with van der Waals surface area (Å²) in [6.07, 6.45) is 0.886. The lowest BCUT2D eigenvalue weighted by Crippen LogP contribution is -2.06. The summed E-state index contributed by atoms with van der Waals surface area (Å²) >= 11 is 0. The number of rotatable bonds is 3. The van der Waals surface area contributed by atoms with Crippen molar-refractivity contribution in [2.45, 2.75) is 20.3 Å². The van der Waals surface area contributed by atoms with Gasteiger partial charge in [-0.05, 0) is 49.6 Å². The summed E-state index contributed by atoms with van der Waals surface area (Å²) in [7, 11) is 1.70. The molecule has 0 aliphatic heterocycles. The average molecular weight is 179 g/mol. The lowest BCUT2D eigenvalue weighted by molar-refractivity contribution is 0.409. The number of nitrogens with two attached hydrogens (primary N) is 1. The topological polar surface area (TPSA) is 35.2 Å². The SMILES string of the molecule is COc1ccc(C)c(C)c1CCN. The second-order valence-electron chi connectivity index (χ2n) is 3.23. The number of hydrogen-bond acceptors (Lipinski definition) is 2. The molecule has 1 aromatic rings. The van der Waals surface area contributed by atoms with E-state index in [1.807, 2.05) is 6.07 Å². The van der Waals surface area contributed by atoms with Crippen LogP contribution in [0.1, 0.15) is 16.7 Å². The normalized spacial score (nSPS) is 10.2. The average Bonchev–Trinajstić information content (AvgIpc) is 2.14. The van der Waals surface area contributed by atoms with E-state index in [1.54, 1.807) is 7.11 Å². The van der Waals surface area contributed by atoms with E-state index in [0.717, 1.165) is 12.2 Å². The molecule has 0 saturated carbocycles. The van der Waals surface area contributed by atoms with E-state index in [-0.39, 0.29) is 0 Å². The summed E-state index contributed by atoms with van der Waals surface area (Å²) in [4.78, 5) is 0. The maximum absolute atomic E-state index is 5.55. The van der Waals surface area contributed by atoms with Crippen molar-refractivity contribution in [1.29, 1.82) is 0 Å². The van der Waals surface area contributed by atoms with Gasteiger partial charge in [-0.15, -0.1) is 0 Å². The molecule has 0 fully saturated rings. The monoisotopic (exact) mass is 179 g/mol. The van der Waals surface area contributed by atoms with Gasteiger partial charge in [-0.3, -0.25) is 0 Å². The van der Waals surface area contributed by atoms with E-state index in [1.165, 1.54) is 16.7 Å². The highest BCUT2D eigenvalue weighted by Gasteiger charge is 2.06. The largest absolute Gasteiger partial charge is 0.496 e. The van der Waals surface area contributed by atoms with E-state index in [0.29, 0.717) is 6.54 Å². The first kappa shape index (κ1) is 10.1. The summed E-state index contributed by atoms with van der Waals surface area (Å²) in [6, 6.07) is 4.08. The quantitative estimate of drug-likeness (QED) is 0.768. The van der Waals surface area contributed by atoms with Gasteiger partial charge in [0.2, 0.25) is 0 Å². The predicted molar refractivity (Wildman–Crippen MR) is 55.2 cm³/mol. The number of methoxy groups -OCH3 is 1. The lowest BCUT2D eigenvalue weighted by atomic mass is 10.00. The highest BCUT2D eigenvalue weighted by Crippen LogP contribution is 2.24. The van der Waals surface area contributed by atoms with Gasteiger partial charge < -0.3 is 10.5 Å². The van der Waals surface area contributed by atoms with Gasteiger partial charge in [0.15, 0.2) is 0 Å². The van der Waals surface area contributed by atoms with Crippen LogP contribution >= 0.6 is 0 Å². The standard InChI is InChI=1S/C11H17NO/c1-8-4-5-11(13-3)10(6-7-12)9(8)2/h4-5H,6-7,12H2,1-3H3. The van der Waals surface area contributed by atoms with Gasteiger partial charge in [0.1, 0.15) is 5.75 Å². The molecule has 13 heavy (non-hydrogen) atoms. The van der Waals surface area contributed by atoms with E-state index in [9.17, 15) is 0 Å². The number of hydrogen-bond donors (Lipinski definition) is 1. The molecule has 0 aromatic heterocycles.